The van der Waals surface area contributed by atoms with Crippen molar-refractivity contribution in [3.8, 4) is 0 Å². The maximum atomic E-state index is 13.3. The average Bonchev–Trinajstić information content (AvgIpc) is 2.54. The zero-order valence-electron chi connectivity index (χ0n) is 16.4. The van der Waals surface area contributed by atoms with E-state index in [4.69, 9.17) is 0 Å². The average molecular weight is 322 g/mol. The van der Waals surface area contributed by atoms with Gasteiger partial charge in [0.1, 0.15) is 5.78 Å². The number of rotatable bonds is 8. The maximum Gasteiger partial charge on any atom is 0.143 e. The molecule has 2 heteroatoms. The SMILES string of the molecule is CCCC(C)(CC)NC12CCC(CC1)CC2C(=O)C(C)(C)CC. The van der Waals surface area contributed by atoms with E-state index in [9.17, 15) is 4.79 Å². The molecule has 0 aromatic rings. The molecule has 1 N–H and O–H groups in total. The van der Waals surface area contributed by atoms with E-state index in [-0.39, 0.29) is 22.4 Å². The minimum Gasteiger partial charge on any atom is -0.305 e. The van der Waals surface area contributed by atoms with Crippen LogP contribution >= 0.6 is 0 Å². The molecule has 0 amide bonds. The molecule has 2 unspecified atom stereocenters. The van der Waals surface area contributed by atoms with Crippen LogP contribution < -0.4 is 5.32 Å². The summed E-state index contributed by atoms with van der Waals surface area (Å²) in [6.45, 7) is 13.4. The van der Waals surface area contributed by atoms with Gasteiger partial charge in [-0.25, -0.2) is 0 Å². The van der Waals surface area contributed by atoms with Crippen molar-refractivity contribution in [2.75, 3.05) is 0 Å². The second kappa shape index (κ2) is 6.86. The van der Waals surface area contributed by atoms with Gasteiger partial charge in [-0.15, -0.1) is 0 Å². The highest BCUT2D eigenvalue weighted by molar-refractivity contribution is 5.87. The summed E-state index contributed by atoms with van der Waals surface area (Å²) in [5.74, 6) is 1.54. The number of hydrogen-bond acceptors (Lipinski definition) is 2. The van der Waals surface area contributed by atoms with Crippen LogP contribution in [0.4, 0.5) is 0 Å². The molecule has 0 aliphatic heterocycles. The van der Waals surface area contributed by atoms with Crippen molar-refractivity contribution < 1.29 is 4.79 Å². The molecule has 2 atom stereocenters. The molecular weight excluding hydrogens is 282 g/mol. The summed E-state index contributed by atoms with van der Waals surface area (Å²) in [4.78, 5) is 13.3. The summed E-state index contributed by atoms with van der Waals surface area (Å²) in [7, 11) is 0. The van der Waals surface area contributed by atoms with Gasteiger partial charge in [-0.3, -0.25) is 4.79 Å². The van der Waals surface area contributed by atoms with Gasteiger partial charge in [-0.2, -0.15) is 0 Å². The molecule has 0 radical (unpaired) electrons. The second-order valence-corrected chi connectivity index (χ2v) is 9.28. The second-order valence-electron chi connectivity index (χ2n) is 9.28. The first kappa shape index (κ1) is 19.0. The van der Waals surface area contributed by atoms with E-state index in [0.717, 1.165) is 25.2 Å². The monoisotopic (exact) mass is 321 g/mol. The molecule has 3 aliphatic rings. The quantitative estimate of drug-likeness (QED) is 0.639. The predicted molar refractivity (Wildman–Crippen MR) is 98.6 cm³/mol. The number of nitrogens with one attached hydrogen (secondary N) is 1. The zero-order chi connectivity index (χ0) is 17.3. The number of ketones is 1. The highest BCUT2D eigenvalue weighted by atomic mass is 16.1. The van der Waals surface area contributed by atoms with Crippen molar-refractivity contribution in [2.24, 2.45) is 17.3 Å². The molecule has 3 fully saturated rings. The van der Waals surface area contributed by atoms with Crippen molar-refractivity contribution in [3.63, 3.8) is 0 Å². The van der Waals surface area contributed by atoms with Crippen molar-refractivity contribution >= 4 is 5.78 Å². The summed E-state index contributed by atoms with van der Waals surface area (Å²) in [5, 5.41) is 4.09. The summed E-state index contributed by atoms with van der Waals surface area (Å²) in [6, 6.07) is 0. The van der Waals surface area contributed by atoms with Crippen LogP contribution in [0.15, 0.2) is 0 Å². The van der Waals surface area contributed by atoms with Crippen LogP contribution in [0.3, 0.4) is 0 Å². The van der Waals surface area contributed by atoms with Crippen LogP contribution in [0.5, 0.6) is 0 Å². The Labute approximate surface area is 144 Å². The van der Waals surface area contributed by atoms with Gasteiger partial charge < -0.3 is 5.32 Å². The van der Waals surface area contributed by atoms with Crippen molar-refractivity contribution in [1.29, 1.82) is 0 Å². The lowest BCUT2D eigenvalue weighted by molar-refractivity contribution is -0.140. The van der Waals surface area contributed by atoms with Crippen LogP contribution in [0.2, 0.25) is 0 Å². The van der Waals surface area contributed by atoms with Crippen LogP contribution in [0, 0.1) is 17.3 Å². The lowest BCUT2D eigenvalue weighted by atomic mass is 9.55. The van der Waals surface area contributed by atoms with Gasteiger partial charge in [0.25, 0.3) is 0 Å². The van der Waals surface area contributed by atoms with Gasteiger partial charge in [0.15, 0.2) is 0 Å². The molecule has 0 spiro atoms. The van der Waals surface area contributed by atoms with Gasteiger partial charge in [-0.05, 0) is 64.2 Å². The Balaban J connectivity index is 2.29. The molecule has 3 rings (SSSR count). The van der Waals surface area contributed by atoms with Gasteiger partial charge in [0.05, 0.1) is 0 Å². The fourth-order valence-electron chi connectivity index (χ4n) is 5.03. The first-order chi connectivity index (χ1) is 10.7. The molecule has 0 aromatic heterocycles. The Kier molecular flexibility index (Phi) is 5.66. The fraction of sp³-hybridized carbons (Fsp3) is 0.952. The van der Waals surface area contributed by atoms with Crippen molar-refractivity contribution in [1.82, 2.24) is 5.32 Å². The number of fused-ring (bicyclic) bond motifs is 3. The molecule has 0 saturated heterocycles. The topological polar surface area (TPSA) is 29.1 Å². The lowest BCUT2D eigenvalue weighted by Gasteiger charge is -2.56. The molecule has 2 nitrogen and oxygen atoms in total. The Morgan fingerprint density at radius 3 is 2.17 bits per heavy atom. The number of carbonyl (C=O) groups is 1. The molecule has 3 saturated carbocycles. The van der Waals surface area contributed by atoms with E-state index in [1.54, 1.807) is 0 Å². The molecule has 0 aromatic carbocycles. The zero-order valence-corrected chi connectivity index (χ0v) is 16.4. The van der Waals surface area contributed by atoms with Crippen LogP contribution in [-0.4, -0.2) is 16.9 Å². The molecule has 0 heterocycles. The minimum absolute atomic E-state index is 0.0677. The molecular formula is C21H39NO. The van der Waals surface area contributed by atoms with E-state index in [1.807, 2.05) is 0 Å². The highest BCUT2D eigenvalue weighted by Gasteiger charge is 2.54. The van der Waals surface area contributed by atoms with E-state index >= 15 is 0 Å². The van der Waals surface area contributed by atoms with Crippen LogP contribution in [-0.2, 0) is 4.79 Å². The Morgan fingerprint density at radius 2 is 1.70 bits per heavy atom. The minimum atomic E-state index is -0.176. The summed E-state index contributed by atoms with van der Waals surface area (Å²) in [6.07, 6.45) is 10.7. The van der Waals surface area contributed by atoms with Crippen molar-refractivity contribution in [2.45, 2.75) is 110 Å². The number of Topliss-reactive ketones (excluding diaryl/α,β-unsaturated/α-hetero) is 1. The fourth-order valence-corrected chi connectivity index (χ4v) is 5.03. The molecule has 134 valence electrons. The number of carbonyl (C=O) groups excluding carboxylic acids is 1. The van der Waals surface area contributed by atoms with E-state index in [2.05, 4.69) is 46.9 Å². The maximum absolute atomic E-state index is 13.3. The van der Waals surface area contributed by atoms with Crippen molar-refractivity contribution in [3.05, 3.63) is 0 Å². The third kappa shape index (κ3) is 3.67. The smallest absolute Gasteiger partial charge is 0.143 e. The molecule has 23 heavy (non-hydrogen) atoms. The largest absolute Gasteiger partial charge is 0.305 e. The lowest BCUT2D eigenvalue weighted by Crippen LogP contribution is -2.66. The molecule has 3 aliphatic carbocycles. The normalized spacial score (nSPS) is 33.5. The van der Waals surface area contributed by atoms with Crippen LogP contribution in [0.1, 0.15) is 99.3 Å². The van der Waals surface area contributed by atoms with Gasteiger partial charge in [-0.1, -0.05) is 41.0 Å². The predicted octanol–water partition coefficient (Wildman–Crippen LogP) is 5.50. The van der Waals surface area contributed by atoms with Gasteiger partial charge >= 0.3 is 0 Å². The van der Waals surface area contributed by atoms with Crippen LogP contribution in [0.25, 0.3) is 0 Å². The highest BCUT2D eigenvalue weighted by Crippen LogP contribution is 2.51. The van der Waals surface area contributed by atoms with E-state index in [0.29, 0.717) is 5.78 Å². The Bertz CT molecular complexity index is 420. The standard InChI is InChI=1S/C21H39NO/c1-7-12-20(6,9-3)22-21-13-10-16(11-14-21)15-17(21)18(23)19(4,5)8-2/h16-17,22H,7-15H2,1-6H3. The Hall–Kier alpha value is -0.370. The summed E-state index contributed by atoms with van der Waals surface area (Å²) >= 11 is 0. The first-order valence-corrected chi connectivity index (χ1v) is 10.1. The van der Waals surface area contributed by atoms with Gasteiger partial charge in [0.2, 0.25) is 0 Å². The van der Waals surface area contributed by atoms with E-state index in [1.165, 1.54) is 38.5 Å². The number of hydrogen-bond donors (Lipinski definition) is 1. The van der Waals surface area contributed by atoms with E-state index < -0.39 is 0 Å². The summed E-state index contributed by atoms with van der Waals surface area (Å²) < 4.78 is 0. The first-order valence-electron chi connectivity index (χ1n) is 10.1. The third-order valence-corrected chi connectivity index (χ3v) is 7.23. The third-order valence-electron chi connectivity index (χ3n) is 7.23. The Morgan fingerprint density at radius 1 is 1.09 bits per heavy atom. The van der Waals surface area contributed by atoms with Gasteiger partial charge in [0, 0.05) is 22.4 Å². The summed E-state index contributed by atoms with van der Waals surface area (Å²) in [5.41, 5.74) is 0.0657. The molecule has 2 bridgehead atoms.